The molecule has 0 unspecified atom stereocenters. The minimum absolute atomic E-state index is 0.288. The van der Waals surface area contributed by atoms with Gasteiger partial charge in [0.25, 0.3) is 0 Å². The van der Waals surface area contributed by atoms with Crippen molar-refractivity contribution in [1.82, 2.24) is 0 Å². The van der Waals surface area contributed by atoms with Crippen molar-refractivity contribution in [3.8, 4) is 5.75 Å². The molecule has 3 heteroatoms. The molecule has 3 nitrogen and oxygen atoms in total. The highest BCUT2D eigenvalue weighted by Gasteiger charge is 2.22. The second kappa shape index (κ2) is 5.21. The number of benzene rings is 1. The molecule has 1 heterocycles. The summed E-state index contributed by atoms with van der Waals surface area (Å²) in [7, 11) is 0. The van der Waals surface area contributed by atoms with Crippen molar-refractivity contribution >= 4 is 5.90 Å². The zero-order valence-corrected chi connectivity index (χ0v) is 10.6. The summed E-state index contributed by atoms with van der Waals surface area (Å²) < 4.78 is 11.0. The molecule has 17 heavy (non-hydrogen) atoms. The topological polar surface area (TPSA) is 30.8 Å². The predicted octanol–water partition coefficient (Wildman–Crippen LogP) is 2.89. The monoisotopic (exact) mass is 233 g/mol. The first-order chi connectivity index (χ1) is 8.20. The minimum Gasteiger partial charge on any atom is -0.494 e. The Hall–Kier alpha value is -1.51. The van der Waals surface area contributed by atoms with Gasteiger partial charge in [-0.3, -0.25) is 0 Å². The molecule has 0 N–H and O–H groups in total. The van der Waals surface area contributed by atoms with E-state index in [9.17, 15) is 0 Å². The summed E-state index contributed by atoms with van der Waals surface area (Å²) in [5.74, 6) is 2.16. The molecule has 0 aliphatic carbocycles. The van der Waals surface area contributed by atoms with Gasteiger partial charge < -0.3 is 9.47 Å². The van der Waals surface area contributed by atoms with Crippen molar-refractivity contribution < 1.29 is 9.47 Å². The molecule has 1 aromatic rings. The van der Waals surface area contributed by atoms with E-state index in [-0.39, 0.29) is 6.04 Å². The molecular formula is C14H19NO2. The zero-order valence-electron chi connectivity index (χ0n) is 10.6. The Morgan fingerprint density at radius 2 is 2.06 bits per heavy atom. The third-order valence-electron chi connectivity index (χ3n) is 2.86. The van der Waals surface area contributed by atoms with Gasteiger partial charge in [0.2, 0.25) is 5.90 Å². The van der Waals surface area contributed by atoms with Crippen LogP contribution in [0.2, 0.25) is 0 Å². The number of aliphatic imine (C=N–C) groups is 1. The van der Waals surface area contributed by atoms with Crippen LogP contribution >= 0.6 is 0 Å². The molecule has 0 amide bonds. The fourth-order valence-corrected chi connectivity index (χ4v) is 1.75. The van der Waals surface area contributed by atoms with Crippen molar-refractivity contribution in [1.29, 1.82) is 0 Å². The van der Waals surface area contributed by atoms with Crippen LogP contribution in [-0.4, -0.2) is 25.2 Å². The van der Waals surface area contributed by atoms with Gasteiger partial charge in [-0.1, -0.05) is 13.8 Å². The summed E-state index contributed by atoms with van der Waals surface area (Å²) in [6, 6.07) is 8.18. The highest BCUT2D eigenvalue weighted by molar-refractivity contribution is 5.95. The summed E-state index contributed by atoms with van der Waals surface area (Å²) >= 11 is 0. The summed E-state index contributed by atoms with van der Waals surface area (Å²) in [5, 5.41) is 0. The summed E-state index contributed by atoms with van der Waals surface area (Å²) in [6.45, 7) is 7.69. The van der Waals surface area contributed by atoms with E-state index >= 15 is 0 Å². The van der Waals surface area contributed by atoms with Crippen molar-refractivity contribution in [2.24, 2.45) is 10.9 Å². The molecule has 0 aromatic heterocycles. The Morgan fingerprint density at radius 1 is 1.35 bits per heavy atom. The third kappa shape index (κ3) is 2.78. The van der Waals surface area contributed by atoms with Crippen LogP contribution in [0, 0.1) is 5.92 Å². The second-order valence-electron chi connectivity index (χ2n) is 4.51. The Bertz CT molecular complexity index is 395. The van der Waals surface area contributed by atoms with Crippen LogP contribution in [0.1, 0.15) is 26.3 Å². The first kappa shape index (κ1) is 12.0. The van der Waals surface area contributed by atoms with Crippen molar-refractivity contribution in [2.75, 3.05) is 13.2 Å². The van der Waals surface area contributed by atoms with Gasteiger partial charge in [0.15, 0.2) is 0 Å². The molecule has 0 bridgehead atoms. The Kier molecular flexibility index (Phi) is 3.67. The van der Waals surface area contributed by atoms with Gasteiger partial charge >= 0.3 is 0 Å². The molecule has 1 aliphatic rings. The third-order valence-corrected chi connectivity index (χ3v) is 2.86. The van der Waals surface area contributed by atoms with Crippen LogP contribution in [0.25, 0.3) is 0 Å². The number of nitrogens with zero attached hydrogens (tertiary/aromatic N) is 1. The highest BCUT2D eigenvalue weighted by Crippen LogP contribution is 2.19. The highest BCUT2D eigenvalue weighted by atomic mass is 16.5. The minimum atomic E-state index is 0.288. The molecule has 0 saturated heterocycles. The van der Waals surface area contributed by atoms with E-state index in [2.05, 4.69) is 18.8 Å². The van der Waals surface area contributed by atoms with Crippen LogP contribution in [-0.2, 0) is 4.74 Å². The van der Waals surface area contributed by atoms with Gasteiger partial charge in [-0.2, -0.15) is 0 Å². The second-order valence-corrected chi connectivity index (χ2v) is 4.51. The molecule has 0 saturated carbocycles. The van der Waals surface area contributed by atoms with E-state index in [1.165, 1.54) is 0 Å². The lowest BCUT2D eigenvalue weighted by molar-refractivity contribution is 0.292. The van der Waals surface area contributed by atoms with Crippen LogP contribution in [0.15, 0.2) is 29.3 Å². The molecule has 1 aliphatic heterocycles. The van der Waals surface area contributed by atoms with Crippen molar-refractivity contribution in [2.45, 2.75) is 26.8 Å². The van der Waals surface area contributed by atoms with E-state index in [0.29, 0.717) is 19.1 Å². The van der Waals surface area contributed by atoms with E-state index in [1.807, 2.05) is 31.2 Å². The molecule has 1 atom stereocenters. The first-order valence-electron chi connectivity index (χ1n) is 6.14. The Morgan fingerprint density at radius 3 is 2.59 bits per heavy atom. The largest absolute Gasteiger partial charge is 0.494 e. The normalized spacial score (nSPS) is 19.1. The maximum Gasteiger partial charge on any atom is 0.216 e. The fraction of sp³-hybridized carbons (Fsp3) is 0.500. The fourth-order valence-electron chi connectivity index (χ4n) is 1.75. The van der Waals surface area contributed by atoms with Crippen LogP contribution in [0.5, 0.6) is 5.75 Å². The lowest BCUT2D eigenvalue weighted by Gasteiger charge is -2.06. The molecular weight excluding hydrogens is 214 g/mol. The van der Waals surface area contributed by atoms with E-state index in [0.717, 1.165) is 17.2 Å². The number of hydrogen-bond acceptors (Lipinski definition) is 3. The summed E-state index contributed by atoms with van der Waals surface area (Å²) in [5.41, 5.74) is 1.02. The lowest BCUT2D eigenvalue weighted by Crippen LogP contribution is -2.13. The smallest absolute Gasteiger partial charge is 0.216 e. The average molecular weight is 233 g/mol. The van der Waals surface area contributed by atoms with E-state index in [1.54, 1.807) is 0 Å². The Labute approximate surface area is 102 Å². The standard InChI is InChI=1S/C14H19NO2/c1-4-16-12-7-5-11(6-8-12)14-15-13(9-17-14)10(2)3/h5-8,10,13H,4,9H2,1-3H3/t13-/m1/s1. The van der Waals surface area contributed by atoms with Gasteiger partial charge in [-0.05, 0) is 37.1 Å². The molecule has 0 radical (unpaired) electrons. The quantitative estimate of drug-likeness (QED) is 0.800. The zero-order chi connectivity index (χ0) is 12.3. The summed E-state index contributed by atoms with van der Waals surface area (Å²) in [4.78, 5) is 4.59. The maximum absolute atomic E-state index is 5.62. The molecule has 92 valence electrons. The van der Waals surface area contributed by atoms with Gasteiger partial charge in [0.1, 0.15) is 12.4 Å². The average Bonchev–Trinajstić information content (AvgIpc) is 2.80. The molecule has 1 aromatic carbocycles. The van der Waals surface area contributed by atoms with Gasteiger partial charge in [0.05, 0.1) is 12.6 Å². The summed E-state index contributed by atoms with van der Waals surface area (Å²) in [6.07, 6.45) is 0. The predicted molar refractivity (Wildman–Crippen MR) is 68.7 cm³/mol. The van der Waals surface area contributed by atoms with Gasteiger partial charge in [-0.25, -0.2) is 4.99 Å². The van der Waals surface area contributed by atoms with Crippen LogP contribution < -0.4 is 4.74 Å². The SMILES string of the molecule is CCOc1ccc(C2=N[C@@H](C(C)C)CO2)cc1. The van der Waals surface area contributed by atoms with Crippen molar-refractivity contribution in [3.63, 3.8) is 0 Å². The lowest BCUT2D eigenvalue weighted by atomic mass is 10.1. The van der Waals surface area contributed by atoms with Gasteiger partial charge in [0, 0.05) is 5.56 Å². The maximum atomic E-state index is 5.62. The van der Waals surface area contributed by atoms with Crippen molar-refractivity contribution in [3.05, 3.63) is 29.8 Å². The molecule has 0 spiro atoms. The number of hydrogen-bond donors (Lipinski definition) is 0. The Balaban J connectivity index is 2.10. The van der Waals surface area contributed by atoms with Crippen LogP contribution in [0.4, 0.5) is 0 Å². The van der Waals surface area contributed by atoms with E-state index in [4.69, 9.17) is 9.47 Å². The number of rotatable bonds is 4. The van der Waals surface area contributed by atoms with E-state index < -0.39 is 0 Å². The van der Waals surface area contributed by atoms with Gasteiger partial charge in [-0.15, -0.1) is 0 Å². The molecule has 2 rings (SSSR count). The van der Waals surface area contributed by atoms with Crippen LogP contribution in [0.3, 0.4) is 0 Å². The molecule has 0 fully saturated rings. The number of ether oxygens (including phenoxy) is 2. The first-order valence-corrected chi connectivity index (χ1v) is 6.14.